The molecular formula is C23H26N4O5. The summed E-state index contributed by atoms with van der Waals surface area (Å²) < 4.78 is 16.4. The van der Waals surface area contributed by atoms with Crippen molar-refractivity contribution in [3.63, 3.8) is 0 Å². The van der Waals surface area contributed by atoms with Gasteiger partial charge in [-0.3, -0.25) is 14.6 Å². The molecule has 0 spiro atoms. The molecule has 1 atom stereocenters. The maximum absolute atomic E-state index is 12.7. The first-order valence-electron chi connectivity index (χ1n) is 10.7. The van der Waals surface area contributed by atoms with Crippen molar-refractivity contribution in [2.45, 2.75) is 18.7 Å². The Hall–Kier alpha value is -3.30. The third-order valence-electron chi connectivity index (χ3n) is 6.02. The summed E-state index contributed by atoms with van der Waals surface area (Å²) >= 11 is 0. The molecule has 0 saturated carbocycles. The van der Waals surface area contributed by atoms with E-state index in [0.29, 0.717) is 36.8 Å². The number of benzene rings is 2. The van der Waals surface area contributed by atoms with Crippen molar-refractivity contribution < 1.29 is 23.8 Å². The Balaban J connectivity index is 1.35. The number of nitrogens with zero attached hydrogens (tertiary/aromatic N) is 3. The van der Waals surface area contributed by atoms with E-state index in [0.717, 1.165) is 24.4 Å². The summed E-state index contributed by atoms with van der Waals surface area (Å²) in [6.07, 6.45) is -0.594. The summed E-state index contributed by atoms with van der Waals surface area (Å²) in [7, 11) is 1.62. The molecule has 32 heavy (non-hydrogen) atoms. The molecule has 0 aliphatic carbocycles. The molecule has 2 amide bonds. The first-order chi connectivity index (χ1) is 15.5. The lowest BCUT2D eigenvalue weighted by Crippen LogP contribution is -2.57. The van der Waals surface area contributed by atoms with E-state index >= 15 is 0 Å². The van der Waals surface area contributed by atoms with Gasteiger partial charge in [-0.05, 0) is 35.9 Å². The Morgan fingerprint density at radius 2 is 1.88 bits per heavy atom. The lowest BCUT2D eigenvalue weighted by molar-refractivity contribution is -0.121. The molecule has 168 valence electrons. The van der Waals surface area contributed by atoms with Crippen molar-refractivity contribution in [3.8, 4) is 11.5 Å². The van der Waals surface area contributed by atoms with Crippen LogP contribution in [0.1, 0.15) is 5.56 Å². The second-order valence-corrected chi connectivity index (χ2v) is 8.36. The fraction of sp³-hybridized carbons (Fsp3) is 0.391. The van der Waals surface area contributed by atoms with Crippen molar-refractivity contribution in [2.75, 3.05) is 49.7 Å². The van der Waals surface area contributed by atoms with Gasteiger partial charge < -0.3 is 24.8 Å². The quantitative estimate of drug-likeness (QED) is 0.731. The molecule has 0 radical (unpaired) electrons. The van der Waals surface area contributed by atoms with Crippen LogP contribution in [-0.2, 0) is 16.1 Å². The number of amides is 2. The van der Waals surface area contributed by atoms with E-state index in [1.54, 1.807) is 23.0 Å². The third kappa shape index (κ3) is 3.96. The molecule has 3 aliphatic heterocycles. The van der Waals surface area contributed by atoms with Crippen LogP contribution in [0.4, 0.5) is 16.2 Å². The van der Waals surface area contributed by atoms with Crippen LogP contribution in [0.3, 0.4) is 0 Å². The number of fused-ring (bicyclic) bond motifs is 1. The average molecular weight is 438 g/mol. The fourth-order valence-electron chi connectivity index (χ4n) is 4.32. The number of ether oxygens (including phenoxy) is 3. The molecular weight excluding hydrogens is 412 g/mol. The highest BCUT2D eigenvalue weighted by Gasteiger charge is 2.36. The summed E-state index contributed by atoms with van der Waals surface area (Å²) in [6, 6.07) is 13.2. The van der Waals surface area contributed by atoms with Gasteiger partial charge in [0.25, 0.3) is 5.91 Å². The fourth-order valence-corrected chi connectivity index (χ4v) is 4.32. The number of carbonyl (C=O) groups excluding carboxylic acids is 2. The van der Waals surface area contributed by atoms with Crippen LogP contribution in [-0.4, -0.2) is 68.9 Å². The topological polar surface area (TPSA) is 97.6 Å². The van der Waals surface area contributed by atoms with Gasteiger partial charge in [-0.25, -0.2) is 4.79 Å². The standard InChI is InChI=1S/C23H26N4O5/c1-30-18-5-2-15(3-6-18)9-27-20-8-17(4-7-21(20)31-14-22(27)28)26-13-19(32-23(26)29)12-25-10-16(24)11-25/h2-8,16,19H,9-14,24H2,1H3. The number of nitrogens with two attached hydrogens (primary N) is 1. The van der Waals surface area contributed by atoms with E-state index in [2.05, 4.69) is 4.90 Å². The largest absolute Gasteiger partial charge is 0.497 e. The Morgan fingerprint density at radius 3 is 2.59 bits per heavy atom. The zero-order chi connectivity index (χ0) is 22.2. The molecule has 9 nitrogen and oxygen atoms in total. The van der Waals surface area contributed by atoms with E-state index < -0.39 is 0 Å². The van der Waals surface area contributed by atoms with Crippen molar-refractivity contribution >= 4 is 23.4 Å². The normalized spacial score (nSPS) is 21.1. The summed E-state index contributed by atoms with van der Waals surface area (Å²) in [5.41, 5.74) is 8.12. The van der Waals surface area contributed by atoms with Crippen LogP contribution in [0.2, 0.25) is 0 Å². The Labute approximate surface area is 186 Å². The lowest BCUT2D eigenvalue weighted by atomic mass is 10.1. The molecule has 2 aromatic carbocycles. The Morgan fingerprint density at radius 1 is 1.09 bits per heavy atom. The van der Waals surface area contributed by atoms with Crippen molar-refractivity contribution in [1.82, 2.24) is 4.90 Å². The van der Waals surface area contributed by atoms with E-state index in [-0.39, 0.29) is 30.8 Å². The van der Waals surface area contributed by atoms with E-state index in [9.17, 15) is 9.59 Å². The zero-order valence-corrected chi connectivity index (χ0v) is 17.9. The van der Waals surface area contributed by atoms with Crippen LogP contribution in [0, 0.1) is 0 Å². The zero-order valence-electron chi connectivity index (χ0n) is 17.9. The molecule has 2 N–H and O–H groups in total. The summed E-state index contributed by atoms with van der Waals surface area (Å²) in [6.45, 7) is 3.15. The van der Waals surface area contributed by atoms with Gasteiger partial charge in [0, 0.05) is 31.4 Å². The maximum atomic E-state index is 12.7. The Bertz CT molecular complexity index is 1020. The van der Waals surface area contributed by atoms with Gasteiger partial charge in [0.05, 0.1) is 25.9 Å². The summed E-state index contributed by atoms with van der Waals surface area (Å²) in [4.78, 5) is 30.7. The van der Waals surface area contributed by atoms with Gasteiger partial charge in [-0.2, -0.15) is 0 Å². The monoisotopic (exact) mass is 438 g/mol. The van der Waals surface area contributed by atoms with Gasteiger partial charge in [0.1, 0.15) is 17.6 Å². The van der Waals surface area contributed by atoms with Crippen molar-refractivity contribution in [2.24, 2.45) is 5.73 Å². The molecule has 0 bridgehead atoms. The average Bonchev–Trinajstić information content (AvgIpc) is 3.15. The molecule has 1 unspecified atom stereocenters. The Kier molecular flexibility index (Phi) is 5.36. The number of cyclic esters (lactones) is 1. The molecule has 3 aliphatic rings. The number of hydrogen-bond acceptors (Lipinski definition) is 7. The molecule has 2 saturated heterocycles. The number of hydrogen-bond donors (Lipinski definition) is 1. The van der Waals surface area contributed by atoms with Crippen LogP contribution in [0.5, 0.6) is 11.5 Å². The number of anilines is 2. The number of rotatable bonds is 6. The van der Waals surface area contributed by atoms with E-state index in [1.165, 1.54) is 0 Å². The lowest BCUT2D eigenvalue weighted by Gasteiger charge is -2.37. The first-order valence-corrected chi connectivity index (χ1v) is 10.7. The van der Waals surface area contributed by atoms with Crippen LogP contribution < -0.4 is 25.0 Å². The highest BCUT2D eigenvalue weighted by Crippen LogP contribution is 2.37. The van der Waals surface area contributed by atoms with Gasteiger partial charge >= 0.3 is 6.09 Å². The first kappa shape index (κ1) is 20.6. The third-order valence-corrected chi connectivity index (χ3v) is 6.02. The minimum atomic E-state index is -0.385. The number of likely N-dealkylation sites (tertiary alicyclic amines) is 1. The minimum Gasteiger partial charge on any atom is -0.497 e. The van der Waals surface area contributed by atoms with Crippen molar-refractivity contribution in [1.29, 1.82) is 0 Å². The number of carbonyl (C=O) groups is 2. The second kappa shape index (κ2) is 8.33. The van der Waals surface area contributed by atoms with Crippen LogP contribution >= 0.6 is 0 Å². The number of methoxy groups -OCH3 is 1. The highest BCUT2D eigenvalue weighted by molar-refractivity contribution is 5.99. The summed E-state index contributed by atoms with van der Waals surface area (Å²) in [5, 5.41) is 0. The molecule has 0 aromatic heterocycles. The second-order valence-electron chi connectivity index (χ2n) is 8.36. The molecule has 3 heterocycles. The molecule has 2 fully saturated rings. The van der Waals surface area contributed by atoms with Gasteiger partial charge in [-0.1, -0.05) is 12.1 Å². The van der Waals surface area contributed by atoms with E-state index in [4.69, 9.17) is 19.9 Å². The van der Waals surface area contributed by atoms with Crippen molar-refractivity contribution in [3.05, 3.63) is 48.0 Å². The minimum absolute atomic E-state index is 0.0195. The van der Waals surface area contributed by atoms with Gasteiger partial charge in [-0.15, -0.1) is 0 Å². The predicted molar refractivity (Wildman–Crippen MR) is 118 cm³/mol. The van der Waals surface area contributed by atoms with E-state index in [1.807, 2.05) is 36.4 Å². The maximum Gasteiger partial charge on any atom is 0.414 e. The smallest absolute Gasteiger partial charge is 0.414 e. The highest BCUT2D eigenvalue weighted by atomic mass is 16.6. The predicted octanol–water partition coefficient (Wildman–Crippen LogP) is 1.59. The summed E-state index contributed by atoms with van der Waals surface area (Å²) in [5.74, 6) is 1.23. The van der Waals surface area contributed by atoms with Crippen LogP contribution in [0.15, 0.2) is 42.5 Å². The molecule has 5 rings (SSSR count). The molecule has 2 aromatic rings. The SMILES string of the molecule is COc1ccc(CN2C(=O)COc3ccc(N4CC(CN5CC(N)C5)OC4=O)cc32)cc1. The molecule has 9 heteroatoms. The van der Waals surface area contributed by atoms with Gasteiger partial charge in [0.2, 0.25) is 0 Å². The van der Waals surface area contributed by atoms with Crippen LogP contribution in [0.25, 0.3) is 0 Å². The van der Waals surface area contributed by atoms with Gasteiger partial charge in [0.15, 0.2) is 6.61 Å².